The number of likely N-dealkylation sites (tertiary alicyclic amines) is 1. The third-order valence-corrected chi connectivity index (χ3v) is 5.10. The van der Waals surface area contributed by atoms with Gasteiger partial charge in [0.05, 0.1) is 41.2 Å². The topological polar surface area (TPSA) is 75.2 Å². The fraction of sp³-hybridized carbons (Fsp3) is 0.412. The Hall–Kier alpha value is -2.28. The van der Waals surface area contributed by atoms with Crippen molar-refractivity contribution in [2.75, 3.05) is 6.54 Å². The van der Waals surface area contributed by atoms with Crippen molar-refractivity contribution in [2.24, 2.45) is 0 Å². The normalized spacial score (nSPS) is 17.1. The van der Waals surface area contributed by atoms with Gasteiger partial charge < -0.3 is 10.2 Å². The minimum Gasteiger partial charge on any atom is -0.346 e. The van der Waals surface area contributed by atoms with E-state index >= 15 is 0 Å². The van der Waals surface area contributed by atoms with Crippen LogP contribution in [0.4, 0.5) is 0 Å². The number of rotatable bonds is 4. The molecule has 1 aliphatic heterocycles. The number of thiophene rings is 1. The highest BCUT2D eigenvalue weighted by Crippen LogP contribution is 2.30. The molecule has 2 aromatic heterocycles. The van der Waals surface area contributed by atoms with Crippen LogP contribution < -0.4 is 5.32 Å². The second-order valence-corrected chi connectivity index (χ2v) is 7.19. The van der Waals surface area contributed by atoms with Crippen LogP contribution in [0, 0.1) is 6.92 Å². The molecule has 6 nitrogen and oxygen atoms in total. The number of hydrogen-bond donors (Lipinski definition) is 1. The summed E-state index contributed by atoms with van der Waals surface area (Å²) in [7, 11) is 0. The summed E-state index contributed by atoms with van der Waals surface area (Å²) in [5.41, 5.74) is 1.49. The van der Waals surface area contributed by atoms with Gasteiger partial charge in [0.1, 0.15) is 0 Å². The predicted molar refractivity (Wildman–Crippen MR) is 91.6 cm³/mol. The zero-order valence-corrected chi connectivity index (χ0v) is 14.6. The molecule has 0 aliphatic carbocycles. The number of hydrogen-bond acceptors (Lipinski definition) is 5. The molecule has 7 heteroatoms. The van der Waals surface area contributed by atoms with E-state index in [0.29, 0.717) is 17.1 Å². The van der Waals surface area contributed by atoms with Gasteiger partial charge >= 0.3 is 0 Å². The van der Waals surface area contributed by atoms with Crippen molar-refractivity contribution in [3.63, 3.8) is 0 Å². The van der Waals surface area contributed by atoms with Crippen molar-refractivity contribution in [3.8, 4) is 0 Å². The molecule has 1 unspecified atom stereocenters. The van der Waals surface area contributed by atoms with E-state index in [1.807, 2.05) is 24.0 Å². The second-order valence-electron chi connectivity index (χ2n) is 5.90. The second kappa shape index (κ2) is 7.09. The first kappa shape index (κ1) is 16.6. The van der Waals surface area contributed by atoms with E-state index in [1.165, 1.54) is 11.3 Å². The molecule has 3 rings (SSSR count). The number of amides is 2. The molecule has 3 heterocycles. The Morgan fingerprint density at radius 3 is 2.92 bits per heavy atom. The van der Waals surface area contributed by atoms with Gasteiger partial charge in [-0.1, -0.05) is 0 Å². The molecular weight excluding hydrogens is 324 g/mol. The molecule has 24 heavy (non-hydrogen) atoms. The summed E-state index contributed by atoms with van der Waals surface area (Å²) in [6.07, 6.45) is 5.24. The van der Waals surface area contributed by atoms with Crippen LogP contribution in [0.1, 0.15) is 51.7 Å². The Morgan fingerprint density at radius 1 is 1.38 bits per heavy atom. The highest BCUT2D eigenvalue weighted by Gasteiger charge is 2.29. The van der Waals surface area contributed by atoms with Crippen LogP contribution in [-0.4, -0.2) is 33.2 Å². The van der Waals surface area contributed by atoms with Crippen molar-refractivity contribution in [2.45, 2.75) is 39.3 Å². The molecule has 1 atom stereocenters. The van der Waals surface area contributed by atoms with Gasteiger partial charge in [-0.25, -0.2) is 0 Å². The van der Waals surface area contributed by atoms with E-state index in [4.69, 9.17) is 0 Å². The van der Waals surface area contributed by atoms with E-state index in [-0.39, 0.29) is 17.9 Å². The fourth-order valence-electron chi connectivity index (χ4n) is 2.93. The number of aromatic nitrogens is 2. The Labute approximate surface area is 144 Å². The Balaban J connectivity index is 1.67. The molecular formula is C17H20N4O2S. The van der Waals surface area contributed by atoms with Crippen LogP contribution in [0.15, 0.2) is 24.5 Å². The van der Waals surface area contributed by atoms with Crippen LogP contribution in [-0.2, 0) is 11.3 Å². The molecule has 1 saturated heterocycles. The molecule has 2 amide bonds. The largest absolute Gasteiger partial charge is 0.346 e. The lowest BCUT2D eigenvalue weighted by atomic mass is 10.1. The maximum absolute atomic E-state index is 12.1. The number of carbonyl (C=O) groups excluding carboxylic acids is 2. The van der Waals surface area contributed by atoms with Crippen molar-refractivity contribution >= 4 is 23.2 Å². The fourth-order valence-corrected chi connectivity index (χ4v) is 3.72. The molecule has 0 aromatic carbocycles. The number of nitrogens with zero attached hydrogens (tertiary/aromatic N) is 3. The van der Waals surface area contributed by atoms with E-state index in [0.717, 1.165) is 30.0 Å². The van der Waals surface area contributed by atoms with Gasteiger partial charge in [0.2, 0.25) is 5.91 Å². The molecule has 1 fully saturated rings. The standard InChI is InChI=1S/C17H20N4O2S/c1-11-5-6-16(24-11)17(23)19-9-13-8-18-10-14(20-13)15-4-3-7-21(15)12(2)22/h5-6,8,10,15H,3-4,7,9H2,1-2H3,(H,19,23). The van der Waals surface area contributed by atoms with Gasteiger partial charge in [-0.15, -0.1) is 11.3 Å². The summed E-state index contributed by atoms with van der Waals surface area (Å²) < 4.78 is 0. The first-order valence-corrected chi connectivity index (χ1v) is 8.79. The first-order chi connectivity index (χ1) is 11.5. The SMILES string of the molecule is CC(=O)N1CCCC1c1cncc(CNC(=O)c2ccc(C)s2)n1. The lowest BCUT2D eigenvalue weighted by Crippen LogP contribution is -2.29. The zero-order valence-electron chi connectivity index (χ0n) is 13.8. The highest BCUT2D eigenvalue weighted by molar-refractivity contribution is 7.13. The molecule has 0 saturated carbocycles. The van der Waals surface area contributed by atoms with Gasteiger partial charge in [-0.05, 0) is 31.9 Å². The van der Waals surface area contributed by atoms with Gasteiger partial charge in [-0.2, -0.15) is 0 Å². The molecule has 1 N–H and O–H groups in total. The summed E-state index contributed by atoms with van der Waals surface area (Å²) in [4.78, 5) is 36.3. The molecule has 0 spiro atoms. The van der Waals surface area contributed by atoms with Crippen LogP contribution in [0.3, 0.4) is 0 Å². The summed E-state index contributed by atoms with van der Waals surface area (Å²) in [6, 6.07) is 3.74. The van der Waals surface area contributed by atoms with Gasteiger partial charge in [0.15, 0.2) is 0 Å². The van der Waals surface area contributed by atoms with E-state index < -0.39 is 0 Å². The van der Waals surface area contributed by atoms with Crippen molar-refractivity contribution in [1.82, 2.24) is 20.2 Å². The predicted octanol–water partition coefficient (Wildman–Crippen LogP) is 2.46. The average Bonchev–Trinajstić information content (AvgIpc) is 3.22. The minimum atomic E-state index is -0.105. The first-order valence-electron chi connectivity index (χ1n) is 7.97. The third-order valence-electron chi connectivity index (χ3n) is 4.10. The summed E-state index contributed by atoms with van der Waals surface area (Å²) in [5.74, 6) is -0.0439. The Bertz CT molecular complexity index is 759. The third kappa shape index (κ3) is 3.62. The Morgan fingerprint density at radius 2 is 2.21 bits per heavy atom. The maximum Gasteiger partial charge on any atom is 0.261 e. The van der Waals surface area contributed by atoms with Crippen molar-refractivity contribution in [3.05, 3.63) is 45.7 Å². The summed E-state index contributed by atoms with van der Waals surface area (Å²) in [6.45, 7) is 4.64. The molecule has 1 aliphatic rings. The molecule has 0 radical (unpaired) electrons. The van der Waals surface area contributed by atoms with E-state index in [9.17, 15) is 9.59 Å². The monoisotopic (exact) mass is 344 g/mol. The van der Waals surface area contributed by atoms with Gasteiger partial charge in [0.25, 0.3) is 5.91 Å². The summed E-state index contributed by atoms with van der Waals surface area (Å²) >= 11 is 1.47. The zero-order chi connectivity index (χ0) is 17.1. The number of nitrogens with one attached hydrogen (secondary N) is 1. The van der Waals surface area contributed by atoms with Crippen LogP contribution in [0.2, 0.25) is 0 Å². The lowest BCUT2D eigenvalue weighted by molar-refractivity contribution is -0.129. The van der Waals surface area contributed by atoms with Crippen LogP contribution in [0.25, 0.3) is 0 Å². The lowest BCUT2D eigenvalue weighted by Gasteiger charge is -2.22. The quantitative estimate of drug-likeness (QED) is 0.924. The number of aryl methyl sites for hydroxylation is 1. The van der Waals surface area contributed by atoms with E-state index in [1.54, 1.807) is 19.3 Å². The summed E-state index contributed by atoms with van der Waals surface area (Å²) in [5, 5.41) is 2.87. The highest BCUT2D eigenvalue weighted by atomic mass is 32.1. The van der Waals surface area contributed by atoms with Crippen molar-refractivity contribution < 1.29 is 9.59 Å². The molecule has 2 aromatic rings. The van der Waals surface area contributed by atoms with Crippen molar-refractivity contribution in [1.29, 1.82) is 0 Å². The minimum absolute atomic E-state index is 0.00871. The average molecular weight is 344 g/mol. The maximum atomic E-state index is 12.1. The van der Waals surface area contributed by atoms with Crippen LogP contribution in [0.5, 0.6) is 0 Å². The Kier molecular flexibility index (Phi) is 4.89. The van der Waals surface area contributed by atoms with Gasteiger partial charge in [-0.3, -0.25) is 19.6 Å². The van der Waals surface area contributed by atoms with E-state index in [2.05, 4.69) is 15.3 Å². The van der Waals surface area contributed by atoms with Crippen LogP contribution >= 0.6 is 11.3 Å². The number of carbonyl (C=O) groups is 2. The molecule has 0 bridgehead atoms. The smallest absolute Gasteiger partial charge is 0.261 e. The van der Waals surface area contributed by atoms with Gasteiger partial charge in [0, 0.05) is 18.3 Å². The molecule has 126 valence electrons.